The van der Waals surface area contributed by atoms with Crippen molar-refractivity contribution < 1.29 is 68.3 Å². The van der Waals surface area contributed by atoms with Gasteiger partial charge in [0.15, 0.2) is 0 Å². The zero-order valence-corrected chi connectivity index (χ0v) is 80.2. The molecule has 135 heavy (non-hydrogen) atoms. The molecule has 0 spiro atoms. The Bertz CT molecular complexity index is 4930. The van der Waals surface area contributed by atoms with Crippen LogP contribution in [0.25, 0.3) is 0 Å². The van der Waals surface area contributed by atoms with Gasteiger partial charge in [-0.2, -0.15) is 39.5 Å². The quantitative estimate of drug-likeness (QED) is 0.0249. The molecule has 26 nitrogen and oxygen atoms in total. The fourth-order valence-electron chi connectivity index (χ4n) is 21.7. The van der Waals surface area contributed by atoms with E-state index in [0.717, 1.165) is 167 Å². The first-order valence-corrected chi connectivity index (χ1v) is 48.6. The molecule has 6 aromatic rings. The molecular formula is C100H139F9N20O6. The summed E-state index contributed by atoms with van der Waals surface area (Å²) in [6, 6.07) is 21.3. The fraction of sp³-hybridized carbons (Fsp3) is 0.640. The van der Waals surface area contributed by atoms with Gasteiger partial charge in [-0.3, -0.25) is 28.8 Å². The number of halogens is 9. The number of benzene rings is 3. The van der Waals surface area contributed by atoms with Crippen LogP contribution in [-0.2, 0) is 52.2 Å². The van der Waals surface area contributed by atoms with E-state index in [-0.39, 0.29) is 161 Å². The number of hydrogen-bond acceptors (Lipinski definition) is 20. The monoisotopic (exact) mass is 1890 g/mol. The van der Waals surface area contributed by atoms with Gasteiger partial charge >= 0.3 is 18.5 Å². The highest BCUT2D eigenvalue weighted by molar-refractivity contribution is 5.96. The van der Waals surface area contributed by atoms with Crippen LogP contribution in [0.15, 0.2) is 91.4 Å². The highest BCUT2D eigenvalue weighted by Crippen LogP contribution is 2.46. The molecule has 4 saturated heterocycles. The molecule has 0 bridgehead atoms. The molecule has 3 aromatic carbocycles. The van der Waals surface area contributed by atoms with Crippen LogP contribution in [0.5, 0.6) is 0 Å². The average molecular weight is 1890 g/mol. The number of piperidine rings is 4. The zero-order valence-electron chi connectivity index (χ0n) is 80.2. The van der Waals surface area contributed by atoms with E-state index in [1.54, 1.807) is 87.5 Å². The van der Waals surface area contributed by atoms with Crippen LogP contribution in [0, 0.1) is 52.8 Å². The van der Waals surface area contributed by atoms with Crippen molar-refractivity contribution in [3.8, 4) is 0 Å². The summed E-state index contributed by atoms with van der Waals surface area (Å²) in [6.07, 6.45) is 9.77. The molecule has 738 valence electrons. The second-order valence-corrected chi connectivity index (χ2v) is 40.8. The molecule has 35 heteroatoms. The number of nitrogens with one attached hydrogen (secondary N) is 6. The Morgan fingerprint density at radius 3 is 0.970 bits per heavy atom. The molecular weight excluding hydrogens is 1750 g/mol. The van der Waals surface area contributed by atoms with Gasteiger partial charge in [0, 0.05) is 135 Å². The third-order valence-electron chi connectivity index (χ3n) is 29.8. The van der Waals surface area contributed by atoms with Gasteiger partial charge in [-0.1, -0.05) is 58.8 Å². The third-order valence-corrected chi connectivity index (χ3v) is 29.8. The van der Waals surface area contributed by atoms with Crippen molar-refractivity contribution in [1.82, 2.24) is 85.1 Å². The van der Waals surface area contributed by atoms with Crippen molar-refractivity contribution in [2.75, 3.05) is 145 Å². The first-order valence-electron chi connectivity index (χ1n) is 48.6. The van der Waals surface area contributed by atoms with Crippen LogP contribution in [0.4, 0.5) is 74.4 Å². The van der Waals surface area contributed by atoms with Gasteiger partial charge < -0.3 is 71.1 Å². The Hall–Kier alpha value is -9.71. The summed E-state index contributed by atoms with van der Waals surface area (Å²) in [6.45, 7) is 13.0. The van der Waals surface area contributed by atoms with Gasteiger partial charge in [0.1, 0.15) is 0 Å². The van der Waals surface area contributed by atoms with Crippen molar-refractivity contribution in [3.05, 3.63) is 142 Å². The van der Waals surface area contributed by atoms with Crippen molar-refractivity contribution >= 4 is 70.4 Å². The third kappa shape index (κ3) is 28.1. The second kappa shape index (κ2) is 45.7. The molecule has 6 N–H and O–H groups in total. The maximum Gasteiger partial charge on any atom is 0.419 e. The summed E-state index contributed by atoms with van der Waals surface area (Å²) in [5.74, 6) is -0.448. The second-order valence-electron chi connectivity index (χ2n) is 40.8. The standard InChI is InChI=1S/C35H47F3N6O2.C33H48F3N7O2.C32H44F3N7O2/c1-43-16-14-28(15-17-43)44(2)33(46)23-10-12-26(13-11-23)41-34-39-21-30(35(36,37)38)31(42-34)20-24-8-5-9-29(24)32(45)40-27-18-25(19-27)22-6-3-4-7-22;1-32(2,21-41(3)4)20-38-29(44)26-9-7-8-23(26)18-28-27(33(34,35)36)19-37-31(40-28)39-24-12-10-22(11-13-24)30(45)43(6)25-14-16-42(5)17-15-25;1-40-15-11-24(12-16-40)37-29(43)26-6-4-5-22(26)19-28-27(32(33,34)35)20-36-31(39-28)38-23-9-7-21(8-10-23)30(44)42(3)25-13-17-41(2)18-14-25/h10-13,21-22,24-25,27-29H,3-9,14-20H2,1-2H3,(H,40,45)(H,39,41,42);10-13,19,23,25-26H,7-9,14-18,20-21H2,1-6H3,(H,38,44)(H,37,39,40);7-10,20,22,24-26H,4-6,11-19H2,1-3H3,(H,37,43)(H,36,38,39)/t24-,25?,27?,29-;23-,26-;22-,26-/m000/s1. The molecule has 3 aromatic heterocycles. The van der Waals surface area contributed by atoms with Gasteiger partial charge in [-0.05, 0) is 324 Å². The Morgan fingerprint density at radius 2 is 0.667 bits per heavy atom. The van der Waals surface area contributed by atoms with Crippen LogP contribution < -0.4 is 31.9 Å². The van der Waals surface area contributed by atoms with Gasteiger partial charge in [0.2, 0.25) is 35.6 Å². The number of aromatic nitrogens is 6. The first kappa shape index (κ1) is 103. The number of likely N-dealkylation sites (tertiary alicyclic amines) is 4. The molecule has 6 atom stereocenters. The van der Waals surface area contributed by atoms with E-state index in [9.17, 15) is 68.3 Å². The summed E-state index contributed by atoms with van der Waals surface area (Å²) >= 11 is 0. The van der Waals surface area contributed by atoms with Crippen LogP contribution in [-0.4, -0.2) is 264 Å². The normalized spacial score (nSPS) is 22.9. The van der Waals surface area contributed by atoms with Gasteiger partial charge in [0.05, 0.1) is 33.8 Å². The van der Waals surface area contributed by atoms with Crippen molar-refractivity contribution in [2.45, 2.75) is 230 Å². The minimum atomic E-state index is -4.62. The predicted octanol–water partition coefficient (Wildman–Crippen LogP) is 16.1. The number of nitrogens with zero attached hydrogens (tertiary/aromatic N) is 14. The van der Waals surface area contributed by atoms with Crippen LogP contribution >= 0.6 is 0 Å². The Balaban J connectivity index is 0.000000172. The van der Waals surface area contributed by atoms with E-state index in [1.165, 1.54) is 25.7 Å². The van der Waals surface area contributed by atoms with Crippen molar-refractivity contribution in [3.63, 3.8) is 0 Å². The molecule has 15 rings (SSSR count). The molecule has 7 heterocycles. The topological polar surface area (TPSA) is 278 Å². The molecule has 4 aliphatic heterocycles. The number of rotatable bonds is 28. The van der Waals surface area contributed by atoms with Gasteiger partial charge in [0.25, 0.3) is 17.7 Å². The smallest absolute Gasteiger partial charge is 0.355 e. The van der Waals surface area contributed by atoms with Crippen molar-refractivity contribution in [1.29, 1.82) is 0 Å². The minimum Gasteiger partial charge on any atom is -0.355 e. The summed E-state index contributed by atoms with van der Waals surface area (Å²) in [5.41, 5.74) is 0.221. The van der Waals surface area contributed by atoms with Crippen LogP contribution in [0.3, 0.4) is 0 Å². The number of carbonyl (C=O) groups is 6. The average Bonchev–Trinajstić information content (AvgIpc) is 0.899. The van der Waals surface area contributed by atoms with E-state index in [2.05, 4.69) is 128 Å². The van der Waals surface area contributed by atoms with Gasteiger partial charge in [-0.15, -0.1) is 0 Å². The Kier molecular flexibility index (Phi) is 34.8. The van der Waals surface area contributed by atoms with E-state index in [4.69, 9.17) is 0 Å². The summed E-state index contributed by atoms with van der Waals surface area (Å²) in [7, 11) is 17.7. The number of hydrogen-bond donors (Lipinski definition) is 6. The lowest BCUT2D eigenvalue weighted by Crippen LogP contribution is -2.48. The van der Waals surface area contributed by atoms with E-state index in [1.807, 2.05) is 35.2 Å². The summed E-state index contributed by atoms with van der Waals surface area (Å²) in [4.78, 5) is 120. The van der Waals surface area contributed by atoms with Crippen LogP contribution in [0.1, 0.15) is 226 Å². The van der Waals surface area contributed by atoms with E-state index >= 15 is 0 Å². The maximum atomic E-state index is 14.0. The van der Waals surface area contributed by atoms with Crippen molar-refractivity contribution in [2.24, 2.45) is 52.8 Å². The number of amides is 6. The molecule has 6 amide bonds. The molecule has 0 unspecified atom stereocenters. The fourth-order valence-corrected chi connectivity index (χ4v) is 21.7. The SMILES string of the molecule is CN(C)CC(C)(C)CNC(=O)[C@H]1CCC[C@H]1Cc1nc(Nc2ccc(C(=O)N(C)C3CCN(C)CC3)cc2)ncc1C(F)(F)F.CN1CCC(N(C)C(=O)c2ccc(Nc3ncc(C(F)(F)F)c(C[C@@H]4CCC[C@@H]4C(=O)NC4CC(C5CCCC5)C4)n3)cc2)CC1.CN1CCC(NC(=O)[C@H]2CCC[C@H]2Cc2nc(Nc3ccc(C(=O)N(C)C4CCN(C)CC4)cc3)ncc2C(F)(F)F)CC1. The molecule has 9 fully saturated rings. The highest BCUT2D eigenvalue weighted by atomic mass is 19.4. The first-order chi connectivity index (χ1) is 64.1. The molecule has 5 aliphatic carbocycles. The van der Waals surface area contributed by atoms with Gasteiger partial charge in [-0.25, -0.2) is 29.9 Å². The maximum absolute atomic E-state index is 14.0. The lowest BCUT2D eigenvalue weighted by atomic mass is 9.71. The predicted molar refractivity (Wildman–Crippen MR) is 502 cm³/mol. The number of anilines is 6. The molecule has 9 aliphatic rings. The summed E-state index contributed by atoms with van der Waals surface area (Å²) < 4.78 is 126. The number of carbonyl (C=O) groups excluding carboxylic acids is 6. The molecule has 0 radical (unpaired) electrons. The van der Waals surface area contributed by atoms with Crippen LogP contribution in [0.2, 0.25) is 0 Å². The van der Waals surface area contributed by atoms with E-state index < -0.39 is 35.2 Å². The lowest BCUT2D eigenvalue weighted by Gasteiger charge is -2.40. The highest BCUT2D eigenvalue weighted by Gasteiger charge is 2.46. The summed E-state index contributed by atoms with van der Waals surface area (Å²) in [5, 5.41) is 18.4. The zero-order chi connectivity index (χ0) is 96.8. The largest absolute Gasteiger partial charge is 0.419 e. The minimum absolute atomic E-state index is 0.0190. The van der Waals surface area contributed by atoms with E-state index in [0.29, 0.717) is 84.7 Å². The Morgan fingerprint density at radius 1 is 0.370 bits per heavy atom. The Labute approximate surface area is 788 Å². The number of alkyl halides is 9. The molecule has 5 saturated carbocycles. The lowest BCUT2D eigenvalue weighted by molar-refractivity contribution is -0.139.